The number of ketones is 1. The zero-order valence-electron chi connectivity index (χ0n) is 19.1. The molecule has 31 heavy (non-hydrogen) atoms. The number of rotatable bonds is 6. The molecule has 0 bridgehead atoms. The van der Waals surface area contributed by atoms with Crippen molar-refractivity contribution in [1.82, 2.24) is 5.32 Å². The number of carbonyl (C=O) groups is 2. The number of benzene rings is 1. The van der Waals surface area contributed by atoms with Crippen LogP contribution in [0.3, 0.4) is 0 Å². The quantitative estimate of drug-likeness (QED) is 0.593. The summed E-state index contributed by atoms with van der Waals surface area (Å²) >= 11 is 0. The van der Waals surface area contributed by atoms with Crippen molar-refractivity contribution < 1.29 is 19.4 Å². The highest BCUT2D eigenvalue weighted by Gasteiger charge is 2.48. The van der Waals surface area contributed by atoms with Crippen molar-refractivity contribution >= 4 is 11.7 Å². The van der Waals surface area contributed by atoms with Crippen LogP contribution in [0.2, 0.25) is 0 Å². The van der Waals surface area contributed by atoms with Crippen LogP contribution < -0.4 is 10.1 Å². The topological polar surface area (TPSA) is 75.6 Å². The summed E-state index contributed by atoms with van der Waals surface area (Å²) in [6.07, 6.45) is 6.85. The molecule has 1 aromatic carbocycles. The van der Waals surface area contributed by atoms with Crippen LogP contribution in [0.5, 0.6) is 5.75 Å². The standard InChI is InChI=1S/C26H31NO4/c1-15(2)10-12-26(13-11-16(3)4)17(5)14-19(28)22(24(26)29)23-21-18(25(30)27-23)8-7-9-20(21)31-6/h7-11,14,23,28H,12-13H2,1-6H3,(H,27,30)/t23-/m0/s1. The van der Waals surface area contributed by atoms with E-state index in [1.54, 1.807) is 24.3 Å². The first-order valence-electron chi connectivity index (χ1n) is 10.5. The number of amides is 1. The predicted molar refractivity (Wildman–Crippen MR) is 122 cm³/mol. The maximum absolute atomic E-state index is 14.1. The Bertz CT molecular complexity index is 1030. The largest absolute Gasteiger partial charge is 0.507 e. The molecule has 1 aliphatic carbocycles. The molecule has 1 aliphatic heterocycles. The highest BCUT2D eigenvalue weighted by atomic mass is 16.5. The van der Waals surface area contributed by atoms with Crippen LogP contribution in [0, 0.1) is 5.41 Å². The van der Waals surface area contributed by atoms with Gasteiger partial charge in [-0.05, 0) is 65.7 Å². The van der Waals surface area contributed by atoms with E-state index in [2.05, 4.69) is 17.5 Å². The zero-order chi connectivity index (χ0) is 22.9. The highest BCUT2D eigenvalue weighted by molar-refractivity contribution is 6.09. The third kappa shape index (κ3) is 3.97. The fourth-order valence-corrected chi connectivity index (χ4v) is 4.32. The number of hydrogen-bond donors (Lipinski definition) is 2. The summed E-state index contributed by atoms with van der Waals surface area (Å²) in [6.45, 7) is 9.92. The number of fused-ring (bicyclic) bond motifs is 1. The number of nitrogens with one attached hydrogen (secondary N) is 1. The van der Waals surface area contributed by atoms with Crippen molar-refractivity contribution in [2.24, 2.45) is 5.41 Å². The monoisotopic (exact) mass is 421 g/mol. The van der Waals surface area contributed by atoms with Crippen molar-refractivity contribution in [2.75, 3.05) is 7.11 Å². The van der Waals surface area contributed by atoms with E-state index in [0.29, 0.717) is 29.7 Å². The van der Waals surface area contributed by atoms with Crippen molar-refractivity contribution in [3.63, 3.8) is 0 Å². The van der Waals surface area contributed by atoms with Crippen molar-refractivity contribution in [1.29, 1.82) is 0 Å². The second kappa shape index (κ2) is 8.58. The Morgan fingerprint density at radius 1 is 1.13 bits per heavy atom. The average molecular weight is 422 g/mol. The van der Waals surface area contributed by atoms with Gasteiger partial charge in [0.2, 0.25) is 0 Å². The van der Waals surface area contributed by atoms with Gasteiger partial charge in [-0.3, -0.25) is 9.59 Å². The number of hydrogen-bond acceptors (Lipinski definition) is 4. The minimum absolute atomic E-state index is 0.100. The molecule has 3 rings (SSSR count). The van der Waals surface area contributed by atoms with Crippen LogP contribution in [0.25, 0.3) is 0 Å². The van der Waals surface area contributed by atoms with Gasteiger partial charge in [0.05, 0.1) is 24.1 Å². The molecule has 2 aliphatic rings. The van der Waals surface area contributed by atoms with Crippen LogP contribution in [0.15, 0.2) is 64.5 Å². The maximum Gasteiger partial charge on any atom is 0.252 e. The number of carbonyl (C=O) groups excluding carboxylic acids is 2. The summed E-state index contributed by atoms with van der Waals surface area (Å²) in [5.74, 6) is -0.0301. The zero-order valence-corrected chi connectivity index (χ0v) is 19.1. The second-order valence-corrected chi connectivity index (χ2v) is 8.84. The van der Waals surface area contributed by atoms with E-state index in [9.17, 15) is 14.7 Å². The number of aliphatic hydroxyl groups excluding tert-OH is 1. The molecule has 0 fully saturated rings. The van der Waals surface area contributed by atoms with Crippen LogP contribution >= 0.6 is 0 Å². The maximum atomic E-state index is 14.1. The van der Waals surface area contributed by atoms with Gasteiger partial charge < -0.3 is 15.2 Å². The molecule has 0 unspecified atom stereocenters. The highest BCUT2D eigenvalue weighted by Crippen LogP contribution is 2.48. The summed E-state index contributed by atoms with van der Waals surface area (Å²) in [6, 6.07) is 4.46. The number of allylic oxidation sites excluding steroid dienone is 6. The van der Waals surface area contributed by atoms with Gasteiger partial charge in [0.1, 0.15) is 11.5 Å². The minimum atomic E-state index is -0.814. The molecule has 0 aromatic heterocycles. The Morgan fingerprint density at radius 3 is 2.29 bits per heavy atom. The Kier molecular flexibility index (Phi) is 6.25. The van der Waals surface area contributed by atoms with Gasteiger partial charge in [0, 0.05) is 11.1 Å². The molecule has 1 amide bonds. The molecule has 2 N–H and O–H groups in total. The lowest BCUT2D eigenvalue weighted by Gasteiger charge is -2.37. The molecule has 0 radical (unpaired) electrons. The number of aliphatic hydroxyl groups is 1. The van der Waals surface area contributed by atoms with Crippen LogP contribution in [0.1, 0.15) is 69.4 Å². The molecule has 164 valence electrons. The number of methoxy groups -OCH3 is 1. The lowest BCUT2D eigenvalue weighted by atomic mass is 9.65. The van der Waals surface area contributed by atoms with E-state index in [4.69, 9.17) is 4.74 Å². The molecule has 5 nitrogen and oxygen atoms in total. The van der Waals surface area contributed by atoms with E-state index < -0.39 is 11.5 Å². The van der Waals surface area contributed by atoms with Gasteiger partial charge in [0.15, 0.2) is 5.78 Å². The predicted octanol–water partition coefficient (Wildman–Crippen LogP) is 5.52. The first-order valence-corrected chi connectivity index (χ1v) is 10.5. The minimum Gasteiger partial charge on any atom is -0.507 e. The fraction of sp³-hybridized carbons (Fsp3) is 0.385. The first kappa shape index (κ1) is 22.6. The van der Waals surface area contributed by atoms with Crippen LogP contribution in [0.4, 0.5) is 0 Å². The Balaban J connectivity index is 2.18. The van der Waals surface area contributed by atoms with Crippen LogP contribution in [-0.4, -0.2) is 23.9 Å². The van der Waals surface area contributed by atoms with E-state index >= 15 is 0 Å². The summed E-state index contributed by atoms with van der Waals surface area (Å²) in [7, 11) is 1.53. The van der Waals surface area contributed by atoms with Crippen molar-refractivity contribution in [3.8, 4) is 5.75 Å². The molecule has 1 aromatic rings. The Hall–Kier alpha value is -3.08. The Labute approximate surface area is 184 Å². The molecule has 0 saturated heterocycles. The molecular formula is C26H31NO4. The van der Waals surface area contributed by atoms with Crippen molar-refractivity contribution in [2.45, 2.75) is 53.5 Å². The van der Waals surface area contributed by atoms with E-state index in [0.717, 1.165) is 16.7 Å². The SMILES string of the molecule is COc1cccc2c1[C@@H](C1=C(O)C=C(C)C(CC=C(C)C)(CC=C(C)C)C1=O)NC2=O. The van der Waals surface area contributed by atoms with Gasteiger partial charge in [-0.1, -0.05) is 34.9 Å². The van der Waals surface area contributed by atoms with E-state index in [-0.39, 0.29) is 23.0 Å². The van der Waals surface area contributed by atoms with Gasteiger partial charge in [-0.2, -0.15) is 0 Å². The van der Waals surface area contributed by atoms with Gasteiger partial charge >= 0.3 is 0 Å². The summed E-state index contributed by atoms with van der Waals surface area (Å²) in [5, 5.41) is 13.8. The average Bonchev–Trinajstić information content (AvgIpc) is 3.03. The van der Waals surface area contributed by atoms with Crippen molar-refractivity contribution in [3.05, 3.63) is 75.6 Å². The molecule has 5 heteroatoms. The first-order chi connectivity index (χ1) is 14.6. The molecule has 1 heterocycles. The molecule has 0 saturated carbocycles. The summed E-state index contributed by atoms with van der Waals surface area (Å²) in [4.78, 5) is 26.7. The normalized spacial score (nSPS) is 19.4. The molecule has 1 atom stereocenters. The molecular weight excluding hydrogens is 390 g/mol. The summed E-state index contributed by atoms with van der Waals surface area (Å²) in [5.41, 5.74) is 3.52. The van der Waals surface area contributed by atoms with Gasteiger partial charge in [0.25, 0.3) is 5.91 Å². The van der Waals surface area contributed by atoms with E-state index in [1.165, 1.54) is 7.11 Å². The lowest BCUT2D eigenvalue weighted by Crippen LogP contribution is -2.39. The van der Waals surface area contributed by atoms with Gasteiger partial charge in [-0.25, -0.2) is 0 Å². The third-order valence-electron chi connectivity index (χ3n) is 6.16. The fourth-order valence-electron chi connectivity index (χ4n) is 4.32. The van der Waals surface area contributed by atoms with Crippen LogP contribution in [-0.2, 0) is 4.79 Å². The Morgan fingerprint density at radius 2 is 1.74 bits per heavy atom. The lowest BCUT2D eigenvalue weighted by molar-refractivity contribution is -0.123. The molecule has 0 spiro atoms. The second-order valence-electron chi connectivity index (χ2n) is 8.84. The number of ether oxygens (including phenoxy) is 1. The van der Waals surface area contributed by atoms with E-state index in [1.807, 2.05) is 34.6 Å². The van der Waals surface area contributed by atoms with Gasteiger partial charge in [-0.15, -0.1) is 0 Å². The third-order valence-corrected chi connectivity index (χ3v) is 6.16. The summed E-state index contributed by atoms with van der Waals surface area (Å²) < 4.78 is 5.49. The number of Topliss-reactive ketones (excluding diaryl/α,β-unsaturated/α-hetero) is 1. The smallest absolute Gasteiger partial charge is 0.252 e.